The predicted octanol–water partition coefficient (Wildman–Crippen LogP) is 6.89. The number of ketones is 1. The highest BCUT2D eigenvalue weighted by Gasteiger charge is 2.17. The summed E-state index contributed by atoms with van der Waals surface area (Å²) in [6.45, 7) is 7.35. The molecule has 0 bridgehead atoms. The van der Waals surface area contributed by atoms with E-state index in [1.165, 1.54) is 96.8 Å². The Balaban J connectivity index is 3.75. The van der Waals surface area contributed by atoms with Gasteiger partial charge < -0.3 is 23.4 Å². The van der Waals surface area contributed by atoms with Crippen LogP contribution in [0, 0.1) is 0 Å². The number of hydrogen-bond acceptors (Lipinski definition) is 6. The number of carbonyl (C=O) groups is 2. The van der Waals surface area contributed by atoms with Crippen molar-refractivity contribution in [2.45, 2.75) is 129 Å². The van der Waals surface area contributed by atoms with Gasteiger partial charge in [-0.3, -0.25) is 9.59 Å². The number of Topliss-reactive ketones (excluding diaryl/α,β-unsaturated/α-hetero) is 1. The first-order chi connectivity index (χ1) is 18.7. The first-order valence-electron chi connectivity index (χ1n) is 16.0. The van der Waals surface area contributed by atoms with Gasteiger partial charge in [-0.05, 0) is 13.3 Å². The maximum atomic E-state index is 11.9. The summed E-state index contributed by atoms with van der Waals surface area (Å²) in [7, 11) is 6.37. The van der Waals surface area contributed by atoms with Crippen molar-refractivity contribution in [2.24, 2.45) is 0 Å². The molecule has 0 fully saturated rings. The van der Waals surface area contributed by atoms with Gasteiger partial charge in [-0.1, -0.05) is 103 Å². The number of hydrogen-bond donors (Lipinski definition) is 0. The summed E-state index contributed by atoms with van der Waals surface area (Å²) in [6, 6.07) is 0. The third-order valence-corrected chi connectivity index (χ3v) is 6.72. The number of likely N-dealkylation sites (N-methyl/N-ethyl adjacent to an activating group) is 1. The van der Waals surface area contributed by atoms with Crippen LogP contribution in [0.3, 0.4) is 0 Å². The van der Waals surface area contributed by atoms with Crippen LogP contribution in [0.4, 0.5) is 0 Å². The van der Waals surface area contributed by atoms with E-state index in [2.05, 4.69) is 28.1 Å². The molecule has 0 aromatic carbocycles. The van der Waals surface area contributed by atoms with E-state index in [4.69, 9.17) is 18.9 Å². The van der Waals surface area contributed by atoms with Crippen LogP contribution >= 0.6 is 0 Å². The molecule has 0 rings (SSSR count). The van der Waals surface area contributed by atoms with E-state index in [0.29, 0.717) is 26.4 Å². The molecule has 0 saturated heterocycles. The van der Waals surface area contributed by atoms with Gasteiger partial charge in [0.25, 0.3) is 0 Å². The minimum absolute atomic E-state index is 0.209. The molecule has 1 atom stereocenters. The molecule has 0 heterocycles. The van der Waals surface area contributed by atoms with E-state index in [9.17, 15) is 9.59 Å². The van der Waals surface area contributed by atoms with Crippen molar-refractivity contribution in [3.63, 3.8) is 0 Å². The number of carbonyl (C=O) groups excluding carboxylic acids is 2. The lowest BCUT2D eigenvalue weighted by molar-refractivity contribution is -0.870. The monoisotopic (exact) mass is 558 g/mol. The molecule has 0 aromatic rings. The van der Waals surface area contributed by atoms with Crippen molar-refractivity contribution in [3.05, 3.63) is 0 Å². The number of quaternary nitrogens is 1. The van der Waals surface area contributed by atoms with Gasteiger partial charge in [0.05, 0.1) is 54.2 Å². The number of rotatable bonds is 30. The Morgan fingerprint density at radius 2 is 1.03 bits per heavy atom. The quantitative estimate of drug-likeness (QED) is 0.0414. The number of nitrogens with zero attached hydrogens (tertiary/aromatic N) is 1. The SMILES string of the molecule is CCCCCCCCCCCCCCCCCCOCC(COCCOCC[N+](C)(C)C)OC(=O)CC(C)=O. The second-order valence-corrected chi connectivity index (χ2v) is 12.1. The molecule has 7 heteroatoms. The molecule has 0 spiro atoms. The first-order valence-corrected chi connectivity index (χ1v) is 16.0. The molecule has 0 aliphatic rings. The molecule has 0 aromatic heterocycles. The van der Waals surface area contributed by atoms with E-state index in [-0.39, 0.29) is 25.4 Å². The molecule has 0 saturated carbocycles. The Bertz CT molecular complexity index is 563. The Hall–Kier alpha value is -1.02. The van der Waals surface area contributed by atoms with Gasteiger partial charge >= 0.3 is 5.97 Å². The van der Waals surface area contributed by atoms with Gasteiger partial charge in [0.2, 0.25) is 0 Å². The maximum absolute atomic E-state index is 11.9. The molecule has 0 aliphatic carbocycles. The molecule has 1 unspecified atom stereocenters. The van der Waals surface area contributed by atoms with Crippen LogP contribution in [0.25, 0.3) is 0 Å². The normalized spacial score (nSPS) is 12.5. The predicted molar refractivity (Wildman–Crippen MR) is 160 cm³/mol. The zero-order chi connectivity index (χ0) is 29.0. The van der Waals surface area contributed by atoms with Crippen molar-refractivity contribution in [1.29, 1.82) is 0 Å². The van der Waals surface area contributed by atoms with E-state index < -0.39 is 12.1 Å². The average Bonchev–Trinajstić information content (AvgIpc) is 2.86. The summed E-state index contributed by atoms with van der Waals surface area (Å²) < 4.78 is 23.3. The summed E-state index contributed by atoms with van der Waals surface area (Å²) >= 11 is 0. The molecule has 0 amide bonds. The first kappa shape index (κ1) is 38.0. The highest BCUT2D eigenvalue weighted by Crippen LogP contribution is 2.13. The van der Waals surface area contributed by atoms with E-state index >= 15 is 0 Å². The van der Waals surface area contributed by atoms with E-state index in [1.54, 1.807) is 0 Å². The van der Waals surface area contributed by atoms with Gasteiger partial charge in [-0.2, -0.15) is 0 Å². The molecular formula is C32H64NO6+. The second kappa shape index (κ2) is 27.2. The van der Waals surface area contributed by atoms with Crippen molar-refractivity contribution < 1.29 is 33.0 Å². The smallest absolute Gasteiger partial charge is 0.313 e. The van der Waals surface area contributed by atoms with Crippen LogP contribution in [-0.4, -0.2) is 89.7 Å². The van der Waals surface area contributed by atoms with E-state index in [1.807, 2.05) is 0 Å². The fraction of sp³-hybridized carbons (Fsp3) is 0.938. The molecule has 0 radical (unpaired) electrons. The lowest BCUT2D eigenvalue weighted by Crippen LogP contribution is -2.37. The second-order valence-electron chi connectivity index (χ2n) is 12.1. The topological polar surface area (TPSA) is 71.1 Å². The van der Waals surface area contributed by atoms with Crippen molar-refractivity contribution in [1.82, 2.24) is 0 Å². The Kier molecular flexibility index (Phi) is 26.5. The van der Waals surface area contributed by atoms with Crippen molar-refractivity contribution >= 4 is 11.8 Å². The van der Waals surface area contributed by atoms with Gasteiger partial charge in [-0.25, -0.2) is 0 Å². The lowest BCUT2D eigenvalue weighted by atomic mass is 10.0. The molecular weight excluding hydrogens is 494 g/mol. The zero-order valence-corrected chi connectivity index (χ0v) is 26.4. The summed E-state index contributed by atoms with van der Waals surface area (Å²) in [6.07, 6.45) is 20.7. The Morgan fingerprint density at radius 3 is 1.49 bits per heavy atom. The third-order valence-electron chi connectivity index (χ3n) is 6.72. The van der Waals surface area contributed by atoms with Crippen LogP contribution in [-0.2, 0) is 28.5 Å². The maximum Gasteiger partial charge on any atom is 0.313 e. The highest BCUT2D eigenvalue weighted by atomic mass is 16.6. The van der Waals surface area contributed by atoms with Crippen LogP contribution in [0.15, 0.2) is 0 Å². The van der Waals surface area contributed by atoms with Gasteiger partial charge in [0, 0.05) is 6.61 Å². The van der Waals surface area contributed by atoms with Crippen molar-refractivity contribution in [3.8, 4) is 0 Å². The lowest BCUT2D eigenvalue weighted by Gasteiger charge is -2.23. The van der Waals surface area contributed by atoms with E-state index in [0.717, 1.165) is 23.9 Å². The number of esters is 1. The average molecular weight is 559 g/mol. The fourth-order valence-electron chi connectivity index (χ4n) is 4.29. The standard InChI is InChI=1S/C32H64NO6/c1-6-7-8-9-10-11-12-13-14-15-16-17-18-19-20-21-23-37-28-31(39-32(35)27-30(2)34)29-38-26-25-36-24-22-33(3,4)5/h31H,6-29H2,1-5H3/q+1. The summed E-state index contributed by atoms with van der Waals surface area (Å²) in [5.41, 5.74) is 0. The summed E-state index contributed by atoms with van der Waals surface area (Å²) in [5.74, 6) is -0.735. The fourth-order valence-corrected chi connectivity index (χ4v) is 4.29. The molecule has 0 N–H and O–H groups in total. The minimum atomic E-state index is -0.527. The number of unbranched alkanes of at least 4 members (excludes halogenated alkanes) is 15. The van der Waals surface area contributed by atoms with Gasteiger partial charge in [0.15, 0.2) is 0 Å². The summed E-state index contributed by atoms with van der Waals surface area (Å²) in [4.78, 5) is 23.2. The van der Waals surface area contributed by atoms with Crippen molar-refractivity contribution in [2.75, 3.05) is 67.3 Å². The molecule has 39 heavy (non-hydrogen) atoms. The van der Waals surface area contributed by atoms with Crippen LogP contribution in [0.2, 0.25) is 0 Å². The third kappa shape index (κ3) is 31.4. The number of ether oxygens (including phenoxy) is 4. The molecule has 0 aliphatic heterocycles. The van der Waals surface area contributed by atoms with Crippen LogP contribution in [0.1, 0.15) is 123 Å². The zero-order valence-electron chi connectivity index (χ0n) is 26.4. The van der Waals surface area contributed by atoms with Crippen LogP contribution < -0.4 is 0 Å². The van der Waals surface area contributed by atoms with Gasteiger partial charge in [-0.15, -0.1) is 0 Å². The molecule has 232 valence electrons. The molecule has 7 nitrogen and oxygen atoms in total. The largest absolute Gasteiger partial charge is 0.457 e. The minimum Gasteiger partial charge on any atom is -0.457 e. The Morgan fingerprint density at radius 1 is 0.590 bits per heavy atom. The van der Waals surface area contributed by atoms with Gasteiger partial charge in [0.1, 0.15) is 24.9 Å². The highest BCUT2D eigenvalue weighted by molar-refractivity contribution is 5.94. The Labute approximate surface area is 241 Å². The summed E-state index contributed by atoms with van der Waals surface area (Å²) in [5, 5.41) is 0. The van der Waals surface area contributed by atoms with Crippen LogP contribution in [0.5, 0.6) is 0 Å².